The number of morpholine rings is 1. The SMILES string of the molecule is Cc1ccc(C(=O)Nc2ccc(N3CCOCC3)c(Cl)c2)cc1. The summed E-state index contributed by atoms with van der Waals surface area (Å²) in [4.78, 5) is 14.4. The Balaban J connectivity index is 1.72. The van der Waals surface area contributed by atoms with Crippen LogP contribution in [-0.4, -0.2) is 32.2 Å². The normalized spacial score (nSPS) is 14.6. The van der Waals surface area contributed by atoms with E-state index in [4.69, 9.17) is 16.3 Å². The van der Waals surface area contributed by atoms with Gasteiger partial charge in [-0.2, -0.15) is 0 Å². The number of aryl methyl sites for hydroxylation is 1. The van der Waals surface area contributed by atoms with Crippen LogP contribution in [0.4, 0.5) is 11.4 Å². The molecule has 5 heteroatoms. The van der Waals surface area contributed by atoms with Gasteiger partial charge in [0, 0.05) is 24.3 Å². The van der Waals surface area contributed by atoms with Crippen molar-refractivity contribution < 1.29 is 9.53 Å². The topological polar surface area (TPSA) is 41.6 Å². The van der Waals surface area contributed by atoms with Crippen LogP contribution in [0.25, 0.3) is 0 Å². The van der Waals surface area contributed by atoms with E-state index in [9.17, 15) is 4.79 Å². The molecule has 0 bridgehead atoms. The summed E-state index contributed by atoms with van der Waals surface area (Å²) < 4.78 is 5.35. The second kappa shape index (κ2) is 7.02. The minimum atomic E-state index is -0.139. The van der Waals surface area contributed by atoms with Gasteiger partial charge in [-0.25, -0.2) is 0 Å². The highest BCUT2D eigenvalue weighted by molar-refractivity contribution is 6.33. The average Bonchev–Trinajstić information content (AvgIpc) is 2.56. The average molecular weight is 331 g/mol. The Bertz CT molecular complexity index is 695. The molecule has 0 aromatic heterocycles. The molecule has 1 aliphatic rings. The highest BCUT2D eigenvalue weighted by Gasteiger charge is 2.15. The molecule has 0 aliphatic carbocycles. The van der Waals surface area contributed by atoms with Gasteiger partial charge in [0.2, 0.25) is 0 Å². The van der Waals surface area contributed by atoms with Gasteiger partial charge >= 0.3 is 0 Å². The number of nitrogens with one attached hydrogen (secondary N) is 1. The molecule has 0 unspecified atom stereocenters. The van der Waals surface area contributed by atoms with Gasteiger partial charge in [0.05, 0.1) is 23.9 Å². The number of amides is 1. The summed E-state index contributed by atoms with van der Waals surface area (Å²) in [5.41, 5.74) is 3.42. The summed E-state index contributed by atoms with van der Waals surface area (Å²) in [5.74, 6) is -0.139. The summed E-state index contributed by atoms with van der Waals surface area (Å²) in [6.45, 7) is 5.07. The van der Waals surface area contributed by atoms with Crippen LogP contribution in [0.15, 0.2) is 42.5 Å². The van der Waals surface area contributed by atoms with E-state index in [1.165, 1.54) is 0 Å². The van der Waals surface area contributed by atoms with Crippen LogP contribution in [0.1, 0.15) is 15.9 Å². The largest absolute Gasteiger partial charge is 0.378 e. The van der Waals surface area contributed by atoms with E-state index in [1.807, 2.05) is 43.3 Å². The van der Waals surface area contributed by atoms with Gasteiger partial charge < -0.3 is 15.0 Å². The number of hydrogen-bond donors (Lipinski definition) is 1. The first-order valence-electron chi connectivity index (χ1n) is 7.64. The Hall–Kier alpha value is -2.04. The lowest BCUT2D eigenvalue weighted by Gasteiger charge is -2.29. The maximum Gasteiger partial charge on any atom is 0.255 e. The van der Waals surface area contributed by atoms with E-state index >= 15 is 0 Å². The lowest BCUT2D eigenvalue weighted by atomic mass is 10.1. The summed E-state index contributed by atoms with van der Waals surface area (Å²) in [6, 6.07) is 13.1. The highest BCUT2D eigenvalue weighted by atomic mass is 35.5. The molecule has 0 spiro atoms. The number of carbonyl (C=O) groups is 1. The van der Waals surface area contributed by atoms with Gasteiger partial charge in [-0.15, -0.1) is 0 Å². The molecule has 23 heavy (non-hydrogen) atoms. The van der Waals surface area contributed by atoms with Crippen molar-refractivity contribution in [2.45, 2.75) is 6.92 Å². The smallest absolute Gasteiger partial charge is 0.255 e. The Morgan fingerprint density at radius 2 is 1.83 bits per heavy atom. The van der Waals surface area contributed by atoms with Gasteiger partial charge in [0.1, 0.15) is 0 Å². The van der Waals surface area contributed by atoms with Crippen molar-refractivity contribution in [2.24, 2.45) is 0 Å². The van der Waals surface area contributed by atoms with E-state index in [0.29, 0.717) is 29.5 Å². The van der Waals surface area contributed by atoms with Gasteiger partial charge in [-0.1, -0.05) is 29.3 Å². The zero-order valence-electron chi connectivity index (χ0n) is 13.0. The predicted molar refractivity (Wildman–Crippen MR) is 93.6 cm³/mol. The van der Waals surface area contributed by atoms with E-state index in [0.717, 1.165) is 24.3 Å². The van der Waals surface area contributed by atoms with Gasteiger partial charge in [0.25, 0.3) is 5.91 Å². The Morgan fingerprint density at radius 1 is 1.13 bits per heavy atom. The van der Waals surface area contributed by atoms with E-state index in [1.54, 1.807) is 6.07 Å². The molecule has 0 radical (unpaired) electrons. The van der Waals surface area contributed by atoms with Crippen molar-refractivity contribution in [2.75, 3.05) is 36.5 Å². The fourth-order valence-corrected chi connectivity index (χ4v) is 2.85. The molecule has 1 N–H and O–H groups in total. The van der Waals surface area contributed by atoms with Crippen molar-refractivity contribution in [3.05, 3.63) is 58.6 Å². The first kappa shape index (κ1) is 15.8. The summed E-state index contributed by atoms with van der Waals surface area (Å²) in [6.07, 6.45) is 0. The monoisotopic (exact) mass is 330 g/mol. The third-order valence-corrected chi connectivity index (χ3v) is 4.17. The first-order valence-corrected chi connectivity index (χ1v) is 8.01. The minimum absolute atomic E-state index is 0.139. The molecule has 120 valence electrons. The minimum Gasteiger partial charge on any atom is -0.378 e. The van der Waals surface area contributed by atoms with Crippen LogP contribution < -0.4 is 10.2 Å². The number of carbonyl (C=O) groups excluding carboxylic acids is 1. The zero-order valence-corrected chi connectivity index (χ0v) is 13.8. The number of benzene rings is 2. The molecule has 3 rings (SSSR count). The van der Waals surface area contributed by atoms with Crippen molar-refractivity contribution in [1.29, 1.82) is 0 Å². The molecule has 2 aromatic rings. The second-order valence-corrected chi connectivity index (χ2v) is 5.99. The van der Waals surface area contributed by atoms with Crippen LogP contribution in [-0.2, 0) is 4.74 Å². The van der Waals surface area contributed by atoms with Crippen LogP contribution >= 0.6 is 11.6 Å². The Kier molecular flexibility index (Phi) is 4.84. The number of hydrogen-bond acceptors (Lipinski definition) is 3. The van der Waals surface area contributed by atoms with E-state index in [2.05, 4.69) is 10.2 Å². The molecule has 4 nitrogen and oxygen atoms in total. The number of ether oxygens (including phenoxy) is 1. The summed E-state index contributed by atoms with van der Waals surface area (Å²) >= 11 is 6.38. The first-order chi connectivity index (χ1) is 11.1. The highest BCUT2D eigenvalue weighted by Crippen LogP contribution is 2.29. The predicted octanol–water partition coefficient (Wildman–Crippen LogP) is 3.74. The lowest BCUT2D eigenvalue weighted by Crippen LogP contribution is -2.36. The van der Waals surface area contributed by atoms with E-state index < -0.39 is 0 Å². The molecule has 0 saturated carbocycles. The van der Waals surface area contributed by atoms with Crippen molar-refractivity contribution in [3.63, 3.8) is 0 Å². The van der Waals surface area contributed by atoms with Gasteiger partial charge in [-0.3, -0.25) is 4.79 Å². The molecule has 0 atom stereocenters. The van der Waals surface area contributed by atoms with Crippen molar-refractivity contribution in [3.8, 4) is 0 Å². The zero-order chi connectivity index (χ0) is 16.2. The maximum absolute atomic E-state index is 12.2. The second-order valence-electron chi connectivity index (χ2n) is 5.59. The summed E-state index contributed by atoms with van der Waals surface area (Å²) in [5, 5.41) is 3.52. The van der Waals surface area contributed by atoms with E-state index in [-0.39, 0.29) is 5.91 Å². The standard InChI is InChI=1S/C18H19ClN2O2/c1-13-2-4-14(5-3-13)18(22)20-15-6-7-17(16(19)12-15)21-8-10-23-11-9-21/h2-7,12H,8-11H2,1H3,(H,20,22). The van der Waals surface area contributed by atoms with Crippen LogP contribution in [0.2, 0.25) is 5.02 Å². The molecule has 1 heterocycles. The maximum atomic E-state index is 12.2. The summed E-state index contributed by atoms with van der Waals surface area (Å²) in [7, 11) is 0. The van der Waals surface area contributed by atoms with Crippen LogP contribution in [0.5, 0.6) is 0 Å². The van der Waals surface area contributed by atoms with Crippen molar-refractivity contribution in [1.82, 2.24) is 0 Å². The third kappa shape index (κ3) is 3.84. The number of nitrogens with zero attached hydrogens (tertiary/aromatic N) is 1. The molecule has 1 amide bonds. The Labute approximate surface area is 141 Å². The van der Waals surface area contributed by atoms with Gasteiger partial charge in [0.15, 0.2) is 0 Å². The van der Waals surface area contributed by atoms with Gasteiger partial charge in [-0.05, 0) is 37.3 Å². The fraction of sp³-hybridized carbons (Fsp3) is 0.278. The van der Waals surface area contributed by atoms with Crippen molar-refractivity contribution >= 4 is 28.9 Å². The quantitative estimate of drug-likeness (QED) is 0.932. The van der Waals surface area contributed by atoms with Crippen LogP contribution in [0, 0.1) is 6.92 Å². The number of halogens is 1. The Morgan fingerprint density at radius 3 is 2.48 bits per heavy atom. The molecule has 1 fully saturated rings. The third-order valence-electron chi connectivity index (χ3n) is 3.87. The molecular weight excluding hydrogens is 312 g/mol. The number of anilines is 2. The fourth-order valence-electron chi connectivity index (χ4n) is 2.55. The molecule has 1 aliphatic heterocycles. The lowest BCUT2D eigenvalue weighted by molar-refractivity contribution is 0.102. The molecule has 1 saturated heterocycles. The van der Waals surface area contributed by atoms with Crippen LogP contribution in [0.3, 0.4) is 0 Å². The number of rotatable bonds is 3. The molecular formula is C18H19ClN2O2. The molecule has 2 aromatic carbocycles.